The van der Waals surface area contributed by atoms with Crippen LogP contribution in [-0.4, -0.2) is 37.8 Å². The number of carbonyl (C=O) groups is 1. The normalized spacial score (nSPS) is 26.3. The molecular weight excluding hydrogens is 319 g/mol. The van der Waals surface area contributed by atoms with Crippen molar-refractivity contribution in [2.75, 3.05) is 13.1 Å². The van der Waals surface area contributed by atoms with Crippen LogP contribution < -0.4 is 5.32 Å². The standard InChI is InChI=1S/C16H21FN2O3S/c1-11-6-13(17)9-14(7-11)23(21,22)19-5-3-2-4-15(19)12-8-16(20)18-10-12/h6-7,9,12,15H,2-5,8,10H2,1H3,(H,18,20)/t12-,15+/m0/s1. The number of nitrogens with one attached hydrogen (secondary N) is 1. The highest BCUT2D eigenvalue weighted by Gasteiger charge is 2.40. The van der Waals surface area contributed by atoms with Gasteiger partial charge in [-0.15, -0.1) is 0 Å². The van der Waals surface area contributed by atoms with Crippen molar-refractivity contribution in [2.24, 2.45) is 5.92 Å². The molecule has 1 aromatic rings. The fraction of sp³-hybridized carbons (Fsp3) is 0.562. The van der Waals surface area contributed by atoms with Crippen molar-refractivity contribution in [1.82, 2.24) is 9.62 Å². The first-order chi connectivity index (χ1) is 10.9. The number of hydrogen-bond donors (Lipinski definition) is 1. The predicted molar refractivity (Wildman–Crippen MR) is 83.8 cm³/mol. The Morgan fingerprint density at radius 2 is 2.04 bits per heavy atom. The molecule has 2 aliphatic rings. The van der Waals surface area contributed by atoms with Crippen molar-refractivity contribution in [1.29, 1.82) is 0 Å². The first kappa shape index (κ1) is 16.4. The van der Waals surface area contributed by atoms with Crippen LogP contribution in [0.4, 0.5) is 4.39 Å². The lowest BCUT2D eigenvalue weighted by molar-refractivity contribution is -0.119. The summed E-state index contributed by atoms with van der Waals surface area (Å²) in [6, 6.07) is 3.69. The van der Waals surface area contributed by atoms with Crippen molar-refractivity contribution in [2.45, 2.75) is 43.5 Å². The molecule has 2 saturated heterocycles. The number of hydrogen-bond acceptors (Lipinski definition) is 3. The SMILES string of the molecule is Cc1cc(F)cc(S(=O)(=O)N2CCCC[C@@H]2[C@@H]2CNC(=O)C2)c1. The second-order valence-corrected chi connectivity index (χ2v) is 8.30. The number of piperidine rings is 1. The molecule has 2 heterocycles. The van der Waals surface area contributed by atoms with Gasteiger partial charge < -0.3 is 5.32 Å². The lowest BCUT2D eigenvalue weighted by Crippen LogP contribution is -2.48. The number of halogens is 1. The number of nitrogens with zero attached hydrogens (tertiary/aromatic N) is 1. The van der Waals surface area contributed by atoms with Gasteiger partial charge in [0, 0.05) is 31.5 Å². The van der Waals surface area contributed by atoms with Gasteiger partial charge in [0.2, 0.25) is 15.9 Å². The summed E-state index contributed by atoms with van der Waals surface area (Å²) in [6.45, 7) is 2.61. The summed E-state index contributed by atoms with van der Waals surface area (Å²) in [7, 11) is -3.76. The molecule has 23 heavy (non-hydrogen) atoms. The van der Waals surface area contributed by atoms with Gasteiger partial charge in [-0.1, -0.05) is 6.42 Å². The topological polar surface area (TPSA) is 66.5 Å². The van der Waals surface area contributed by atoms with E-state index in [9.17, 15) is 17.6 Å². The third-order valence-corrected chi connectivity index (χ3v) is 6.58. The van der Waals surface area contributed by atoms with Crippen LogP contribution in [0.5, 0.6) is 0 Å². The van der Waals surface area contributed by atoms with Gasteiger partial charge in [-0.3, -0.25) is 4.79 Å². The summed E-state index contributed by atoms with van der Waals surface area (Å²) in [5.74, 6) is -0.582. The Kier molecular flexibility index (Phi) is 4.42. The number of sulfonamides is 1. The third-order valence-electron chi connectivity index (χ3n) is 4.67. The summed E-state index contributed by atoms with van der Waals surface area (Å²) in [4.78, 5) is 11.5. The molecule has 0 aromatic heterocycles. The highest BCUT2D eigenvalue weighted by Crippen LogP contribution is 2.32. The van der Waals surface area contributed by atoms with Gasteiger partial charge in [0.1, 0.15) is 5.82 Å². The summed E-state index contributed by atoms with van der Waals surface area (Å²) >= 11 is 0. The zero-order valence-corrected chi connectivity index (χ0v) is 13.9. The molecule has 2 aliphatic heterocycles. The van der Waals surface area contributed by atoms with Crippen LogP contribution in [0.2, 0.25) is 0 Å². The maximum absolute atomic E-state index is 13.6. The smallest absolute Gasteiger partial charge is 0.243 e. The molecule has 5 nitrogen and oxygen atoms in total. The number of aryl methyl sites for hydroxylation is 1. The fourth-order valence-electron chi connectivity index (χ4n) is 3.59. The molecule has 0 radical (unpaired) electrons. The molecule has 0 saturated carbocycles. The Hall–Kier alpha value is -1.47. The van der Waals surface area contributed by atoms with Gasteiger partial charge in [0.05, 0.1) is 4.90 Å². The highest BCUT2D eigenvalue weighted by atomic mass is 32.2. The van der Waals surface area contributed by atoms with Gasteiger partial charge in [0.15, 0.2) is 0 Å². The second kappa shape index (κ2) is 6.20. The van der Waals surface area contributed by atoms with Crippen molar-refractivity contribution >= 4 is 15.9 Å². The largest absolute Gasteiger partial charge is 0.356 e. The zero-order chi connectivity index (χ0) is 16.6. The van der Waals surface area contributed by atoms with E-state index in [4.69, 9.17) is 0 Å². The van der Waals surface area contributed by atoms with E-state index in [0.717, 1.165) is 25.3 Å². The molecule has 0 bridgehead atoms. The van der Waals surface area contributed by atoms with Crippen molar-refractivity contribution in [3.63, 3.8) is 0 Å². The molecule has 0 spiro atoms. The van der Waals surface area contributed by atoms with E-state index in [1.165, 1.54) is 16.4 Å². The number of carbonyl (C=O) groups excluding carboxylic acids is 1. The molecule has 2 fully saturated rings. The van der Waals surface area contributed by atoms with E-state index in [1.54, 1.807) is 6.92 Å². The Morgan fingerprint density at radius 3 is 2.70 bits per heavy atom. The summed E-state index contributed by atoms with van der Waals surface area (Å²) in [5.41, 5.74) is 0.579. The van der Waals surface area contributed by atoms with Gasteiger partial charge in [-0.05, 0) is 43.5 Å². The molecule has 0 unspecified atom stereocenters. The second-order valence-electron chi connectivity index (χ2n) is 6.41. The molecule has 1 N–H and O–H groups in total. The molecule has 7 heteroatoms. The average molecular weight is 340 g/mol. The van der Waals surface area contributed by atoms with Gasteiger partial charge in [-0.25, -0.2) is 12.8 Å². The summed E-state index contributed by atoms with van der Waals surface area (Å²) < 4.78 is 41.1. The third kappa shape index (κ3) is 3.26. The van der Waals surface area contributed by atoms with Gasteiger partial charge in [0.25, 0.3) is 0 Å². The molecular formula is C16H21FN2O3S. The lowest BCUT2D eigenvalue weighted by atomic mass is 9.91. The molecule has 126 valence electrons. The Labute approximate surface area is 135 Å². The monoisotopic (exact) mass is 340 g/mol. The minimum Gasteiger partial charge on any atom is -0.356 e. The van der Waals surface area contributed by atoms with E-state index in [2.05, 4.69) is 5.32 Å². The predicted octanol–water partition coefficient (Wildman–Crippen LogP) is 1.81. The number of benzene rings is 1. The molecule has 1 amide bonds. The quantitative estimate of drug-likeness (QED) is 0.913. The van der Waals surface area contributed by atoms with Crippen molar-refractivity contribution in [3.8, 4) is 0 Å². The van der Waals surface area contributed by atoms with E-state index in [-0.39, 0.29) is 22.8 Å². The van der Waals surface area contributed by atoms with E-state index >= 15 is 0 Å². The Morgan fingerprint density at radius 1 is 1.26 bits per heavy atom. The van der Waals surface area contributed by atoms with Crippen molar-refractivity contribution in [3.05, 3.63) is 29.6 Å². The summed E-state index contributed by atoms with van der Waals surface area (Å²) in [5, 5.41) is 2.78. The minimum absolute atomic E-state index is 0.000757. The maximum Gasteiger partial charge on any atom is 0.243 e. The van der Waals surface area contributed by atoms with E-state index < -0.39 is 15.8 Å². The van der Waals surface area contributed by atoms with Crippen LogP contribution in [0.1, 0.15) is 31.2 Å². The first-order valence-electron chi connectivity index (χ1n) is 7.93. The van der Waals surface area contributed by atoms with E-state index in [0.29, 0.717) is 25.1 Å². The average Bonchev–Trinajstić information content (AvgIpc) is 2.93. The molecule has 3 rings (SSSR count). The van der Waals surface area contributed by atoms with E-state index in [1.807, 2.05) is 0 Å². The maximum atomic E-state index is 13.6. The Balaban J connectivity index is 1.94. The van der Waals surface area contributed by atoms with Crippen LogP contribution in [0, 0.1) is 18.7 Å². The Bertz CT molecular complexity index is 700. The number of rotatable bonds is 3. The summed E-state index contributed by atoms with van der Waals surface area (Å²) in [6.07, 6.45) is 2.84. The van der Waals surface area contributed by atoms with Crippen LogP contribution in [0.3, 0.4) is 0 Å². The van der Waals surface area contributed by atoms with Gasteiger partial charge in [-0.2, -0.15) is 4.31 Å². The zero-order valence-electron chi connectivity index (χ0n) is 13.1. The molecule has 0 aliphatic carbocycles. The first-order valence-corrected chi connectivity index (χ1v) is 9.37. The van der Waals surface area contributed by atoms with Crippen molar-refractivity contribution < 1.29 is 17.6 Å². The minimum atomic E-state index is -3.76. The molecule has 1 aromatic carbocycles. The number of amides is 1. The highest BCUT2D eigenvalue weighted by molar-refractivity contribution is 7.89. The lowest BCUT2D eigenvalue weighted by Gasteiger charge is -2.37. The fourth-order valence-corrected chi connectivity index (χ4v) is 5.46. The molecule has 2 atom stereocenters. The van der Waals surface area contributed by atoms with Crippen LogP contribution in [-0.2, 0) is 14.8 Å². The van der Waals surface area contributed by atoms with Crippen LogP contribution in [0.25, 0.3) is 0 Å². The van der Waals surface area contributed by atoms with Crippen LogP contribution >= 0.6 is 0 Å². The van der Waals surface area contributed by atoms with Gasteiger partial charge >= 0.3 is 0 Å². The van der Waals surface area contributed by atoms with Crippen LogP contribution in [0.15, 0.2) is 23.1 Å².